The number of methoxy groups -OCH3 is 3. The summed E-state index contributed by atoms with van der Waals surface area (Å²) in [5.74, 6) is -0.129. The lowest BCUT2D eigenvalue weighted by atomic mass is 10.1. The van der Waals surface area contributed by atoms with Crippen molar-refractivity contribution in [2.45, 2.75) is 13.0 Å². The number of hydrogen-bond acceptors (Lipinski definition) is 6. The summed E-state index contributed by atoms with van der Waals surface area (Å²) >= 11 is 0. The highest BCUT2D eigenvalue weighted by atomic mass is 16.6. The van der Waals surface area contributed by atoms with Crippen molar-refractivity contribution in [2.75, 3.05) is 21.3 Å². The standard InChI is InChI=1S/C21H21NO6/c1-12(18(23)15-11-22-16-8-6-5-7-13(15)16)28-21(24)14-9-10-17(25-2)20(27-4)19(14)26-3/h5-12,22H,1-4H3/t12-/m1/s1. The number of H-pyrrole nitrogens is 1. The van der Waals surface area contributed by atoms with Gasteiger partial charge in [0.1, 0.15) is 5.56 Å². The molecule has 3 rings (SSSR count). The van der Waals surface area contributed by atoms with E-state index in [1.807, 2.05) is 24.3 Å². The molecule has 1 aromatic heterocycles. The predicted octanol–water partition coefficient (Wildman–Crippen LogP) is 3.62. The molecule has 0 saturated carbocycles. The number of benzene rings is 2. The van der Waals surface area contributed by atoms with Crippen molar-refractivity contribution in [1.29, 1.82) is 0 Å². The van der Waals surface area contributed by atoms with Gasteiger partial charge in [0.05, 0.1) is 21.3 Å². The second-order valence-corrected chi connectivity index (χ2v) is 6.04. The van der Waals surface area contributed by atoms with E-state index in [4.69, 9.17) is 18.9 Å². The number of carbonyl (C=O) groups is 2. The minimum absolute atomic E-state index is 0.138. The third-order valence-corrected chi connectivity index (χ3v) is 4.43. The van der Waals surface area contributed by atoms with E-state index in [2.05, 4.69) is 4.98 Å². The number of fused-ring (bicyclic) bond motifs is 1. The van der Waals surface area contributed by atoms with Gasteiger partial charge in [-0.3, -0.25) is 4.79 Å². The van der Waals surface area contributed by atoms with Gasteiger partial charge in [0, 0.05) is 22.7 Å². The third kappa shape index (κ3) is 3.38. The van der Waals surface area contributed by atoms with E-state index in [-0.39, 0.29) is 22.8 Å². The first-order valence-corrected chi connectivity index (χ1v) is 8.62. The van der Waals surface area contributed by atoms with Crippen LogP contribution < -0.4 is 14.2 Å². The lowest BCUT2D eigenvalue weighted by Gasteiger charge is -2.17. The molecule has 146 valence electrons. The third-order valence-electron chi connectivity index (χ3n) is 4.43. The Balaban J connectivity index is 1.85. The number of aromatic nitrogens is 1. The summed E-state index contributed by atoms with van der Waals surface area (Å²) in [5, 5.41) is 0.777. The Bertz CT molecular complexity index is 1020. The number of nitrogens with one attached hydrogen (secondary N) is 1. The Hall–Kier alpha value is -3.48. The minimum Gasteiger partial charge on any atom is -0.493 e. The molecule has 0 fully saturated rings. The molecule has 0 aliphatic rings. The van der Waals surface area contributed by atoms with Crippen molar-refractivity contribution >= 4 is 22.7 Å². The van der Waals surface area contributed by atoms with Gasteiger partial charge in [0.2, 0.25) is 11.5 Å². The zero-order valence-corrected chi connectivity index (χ0v) is 16.1. The summed E-state index contributed by atoms with van der Waals surface area (Å²) in [4.78, 5) is 28.5. The highest BCUT2D eigenvalue weighted by Gasteiger charge is 2.26. The maximum absolute atomic E-state index is 12.8. The van der Waals surface area contributed by atoms with E-state index >= 15 is 0 Å². The van der Waals surface area contributed by atoms with Crippen molar-refractivity contribution in [2.24, 2.45) is 0 Å². The molecule has 0 aliphatic carbocycles. The second-order valence-electron chi connectivity index (χ2n) is 6.04. The quantitative estimate of drug-likeness (QED) is 0.495. The van der Waals surface area contributed by atoms with Crippen molar-refractivity contribution in [3.05, 3.63) is 53.7 Å². The number of para-hydroxylation sites is 1. The van der Waals surface area contributed by atoms with E-state index in [1.54, 1.807) is 12.3 Å². The van der Waals surface area contributed by atoms with Crippen LogP contribution in [0.15, 0.2) is 42.6 Å². The first kappa shape index (κ1) is 19.3. The average Bonchev–Trinajstić information content (AvgIpc) is 3.15. The predicted molar refractivity (Wildman–Crippen MR) is 104 cm³/mol. The molecule has 1 heterocycles. The van der Waals surface area contributed by atoms with Crippen LogP contribution in [0.25, 0.3) is 10.9 Å². The number of aromatic amines is 1. The van der Waals surface area contributed by atoms with Crippen LogP contribution in [0.5, 0.6) is 17.2 Å². The molecule has 7 heteroatoms. The SMILES string of the molecule is COc1ccc(C(=O)O[C@H](C)C(=O)c2c[nH]c3ccccc23)c(OC)c1OC. The van der Waals surface area contributed by atoms with E-state index in [1.165, 1.54) is 34.3 Å². The summed E-state index contributed by atoms with van der Waals surface area (Å²) in [6.45, 7) is 1.54. The Labute approximate surface area is 162 Å². The molecule has 0 aliphatic heterocycles. The van der Waals surface area contributed by atoms with Gasteiger partial charge in [-0.05, 0) is 25.1 Å². The Kier molecular flexibility index (Phi) is 5.54. The van der Waals surface area contributed by atoms with E-state index in [0.717, 1.165) is 10.9 Å². The van der Waals surface area contributed by atoms with Crippen LogP contribution in [0.2, 0.25) is 0 Å². The number of carbonyl (C=O) groups excluding carboxylic acids is 2. The smallest absolute Gasteiger partial charge is 0.342 e. The van der Waals surface area contributed by atoms with Gasteiger partial charge in [-0.2, -0.15) is 0 Å². The molecular weight excluding hydrogens is 362 g/mol. The molecule has 0 radical (unpaired) electrons. The van der Waals surface area contributed by atoms with Gasteiger partial charge in [0.25, 0.3) is 0 Å². The lowest BCUT2D eigenvalue weighted by molar-refractivity contribution is 0.0316. The first-order chi connectivity index (χ1) is 13.5. The molecule has 28 heavy (non-hydrogen) atoms. The van der Waals surface area contributed by atoms with E-state index < -0.39 is 12.1 Å². The fraction of sp³-hybridized carbons (Fsp3) is 0.238. The average molecular weight is 383 g/mol. The van der Waals surface area contributed by atoms with Gasteiger partial charge in [-0.15, -0.1) is 0 Å². The van der Waals surface area contributed by atoms with E-state index in [9.17, 15) is 9.59 Å². The highest BCUT2D eigenvalue weighted by Crippen LogP contribution is 2.40. The Morgan fingerprint density at radius 2 is 1.61 bits per heavy atom. The van der Waals surface area contributed by atoms with Gasteiger partial charge >= 0.3 is 5.97 Å². The molecule has 0 spiro atoms. The first-order valence-electron chi connectivity index (χ1n) is 8.62. The van der Waals surface area contributed by atoms with Crippen LogP contribution in [0.1, 0.15) is 27.6 Å². The summed E-state index contributed by atoms with van der Waals surface area (Å²) in [5.41, 5.74) is 1.44. The number of Topliss-reactive ketones (excluding diaryl/α,β-unsaturated/α-hetero) is 1. The molecule has 0 bridgehead atoms. The number of rotatable bonds is 7. The molecule has 3 aromatic rings. The number of esters is 1. The van der Waals surface area contributed by atoms with Crippen LogP contribution in [0.4, 0.5) is 0 Å². The van der Waals surface area contributed by atoms with Crippen LogP contribution >= 0.6 is 0 Å². The molecule has 7 nitrogen and oxygen atoms in total. The summed E-state index contributed by atoms with van der Waals surface area (Å²) < 4.78 is 21.2. The fourth-order valence-electron chi connectivity index (χ4n) is 3.03. The topological polar surface area (TPSA) is 86.9 Å². The number of ketones is 1. The lowest BCUT2D eigenvalue weighted by Crippen LogP contribution is -2.24. The molecule has 0 amide bonds. The summed E-state index contributed by atoms with van der Waals surface area (Å²) in [6, 6.07) is 10.5. The molecular formula is C21H21NO6. The van der Waals surface area contributed by atoms with Crippen LogP contribution in [0.3, 0.4) is 0 Å². The van der Waals surface area contributed by atoms with Crippen LogP contribution in [-0.4, -0.2) is 44.2 Å². The van der Waals surface area contributed by atoms with Crippen molar-refractivity contribution in [3.8, 4) is 17.2 Å². The van der Waals surface area contributed by atoms with Gasteiger partial charge < -0.3 is 23.9 Å². The monoisotopic (exact) mass is 383 g/mol. The zero-order chi connectivity index (χ0) is 20.3. The molecule has 0 saturated heterocycles. The van der Waals surface area contributed by atoms with Gasteiger partial charge in [-0.25, -0.2) is 4.79 Å². The fourth-order valence-corrected chi connectivity index (χ4v) is 3.03. The van der Waals surface area contributed by atoms with Gasteiger partial charge in [-0.1, -0.05) is 18.2 Å². The van der Waals surface area contributed by atoms with Crippen LogP contribution in [0, 0.1) is 0 Å². The molecule has 1 N–H and O–H groups in total. The van der Waals surface area contributed by atoms with Crippen molar-refractivity contribution < 1.29 is 28.5 Å². The normalized spacial score (nSPS) is 11.7. The minimum atomic E-state index is -0.982. The highest BCUT2D eigenvalue weighted by molar-refractivity contribution is 6.10. The largest absolute Gasteiger partial charge is 0.493 e. The zero-order valence-electron chi connectivity index (χ0n) is 16.1. The Morgan fingerprint density at radius 3 is 2.29 bits per heavy atom. The molecule has 1 atom stereocenters. The Morgan fingerprint density at radius 1 is 0.893 bits per heavy atom. The maximum Gasteiger partial charge on any atom is 0.342 e. The van der Waals surface area contributed by atoms with Crippen molar-refractivity contribution in [3.63, 3.8) is 0 Å². The van der Waals surface area contributed by atoms with Crippen molar-refractivity contribution in [1.82, 2.24) is 4.98 Å². The van der Waals surface area contributed by atoms with Crippen LogP contribution in [-0.2, 0) is 4.74 Å². The summed E-state index contributed by atoms with van der Waals surface area (Å²) in [6.07, 6.45) is 0.637. The summed E-state index contributed by atoms with van der Waals surface area (Å²) in [7, 11) is 4.34. The van der Waals surface area contributed by atoms with E-state index in [0.29, 0.717) is 11.3 Å². The number of ether oxygens (including phenoxy) is 4. The maximum atomic E-state index is 12.8. The molecule has 0 unspecified atom stereocenters. The number of hydrogen-bond donors (Lipinski definition) is 1. The second kappa shape index (κ2) is 8.04. The molecule has 2 aromatic carbocycles. The van der Waals surface area contributed by atoms with Gasteiger partial charge in [0.15, 0.2) is 17.6 Å².